The van der Waals surface area contributed by atoms with Crippen LogP contribution < -0.4 is 0 Å². The maximum Gasteiger partial charge on any atom is 0.131 e. The van der Waals surface area contributed by atoms with E-state index < -0.39 is 17.7 Å². The molecule has 100 valence electrons. The molecule has 2 aromatic carbocycles. The van der Waals surface area contributed by atoms with Gasteiger partial charge in [-0.3, -0.25) is 0 Å². The molecule has 0 aliphatic rings. The molecule has 0 saturated carbocycles. The highest BCUT2D eigenvalue weighted by molar-refractivity contribution is 5.29. The number of aliphatic hydroxyl groups excluding tert-OH is 1. The molecule has 0 aliphatic carbocycles. The molecular weight excluding hydrogens is 246 g/mol. The van der Waals surface area contributed by atoms with Gasteiger partial charge >= 0.3 is 0 Å². The molecule has 0 bridgehead atoms. The van der Waals surface area contributed by atoms with Crippen molar-refractivity contribution < 1.29 is 13.9 Å². The van der Waals surface area contributed by atoms with Crippen LogP contribution in [0.2, 0.25) is 0 Å². The second-order valence-electron chi connectivity index (χ2n) is 4.83. The Morgan fingerprint density at radius 2 is 1.63 bits per heavy atom. The van der Waals surface area contributed by atoms with Crippen LogP contribution in [0.15, 0.2) is 36.4 Å². The lowest BCUT2D eigenvalue weighted by atomic mass is 9.99. The van der Waals surface area contributed by atoms with E-state index in [0.29, 0.717) is 12.0 Å². The van der Waals surface area contributed by atoms with Gasteiger partial charge in [-0.2, -0.15) is 0 Å². The summed E-state index contributed by atoms with van der Waals surface area (Å²) in [5.74, 6) is -1.30. The molecule has 1 nitrogen and oxygen atoms in total. The molecular formula is C16H16F2O. The van der Waals surface area contributed by atoms with Crippen LogP contribution in [-0.2, 0) is 6.42 Å². The number of rotatable bonds is 3. The van der Waals surface area contributed by atoms with Crippen molar-refractivity contribution in [2.75, 3.05) is 0 Å². The first-order chi connectivity index (χ1) is 8.97. The fourth-order valence-electron chi connectivity index (χ4n) is 1.99. The highest BCUT2D eigenvalue weighted by atomic mass is 19.1. The van der Waals surface area contributed by atoms with Crippen molar-refractivity contribution in [1.29, 1.82) is 0 Å². The Bertz CT molecular complexity index is 576. The largest absolute Gasteiger partial charge is 0.388 e. The molecule has 0 aliphatic heterocycles. The van der Waals surface area contributed by atoms with E-state index in [-0.39, 0.29) is 5.56 Å². The van der Waals surface area contributed by atoms with Crippen LogP contribution in [0.1, 0.15) is 28.4 Å². The van der Waals surface area contributed by atoms with E-state index >= 15 is 0 Å². The van der Waals surface area contributed by atoms with Gasteiger partial charge in [0.15, 0.2) is 0 Å². The maximum atomic E-state index is 13.6. The highest BCUT2D eigenvalue weighted by Crippen LogP contribution is 2.24. The first-order valence-corrected chi connectivity index (χ1v) is 6.16. The summed E-state index contributed by atoms with van der Waals surface area (Å²) >= 11 is 0. The third-order valence-electron chi connectivity index (χ3n) is 3.19. The predicted octanol–water partition coefficient (Wildman–Crippen LogP) is 3.86. The lowest BCUT2D eigenvalue weighted by Crippen LogP contribution is -2.06. The SMILES string of the molecule is Cc1ccc(CC(O)c2cc(C)c(F)cc2F)cc1. The molecule has 3 heteroatoms. The van der Waals surface area contributed by atoms with Crippen molar-refractivity contribution in [3.8, 4) is 0 Å². The first kappa shape index (κ1) is 13.7. The van der Waals surface area contributed by atoms with Gasteiger partial charge in [0.25, 0.3) is 0 Å². The third-order valence-corrected chi connectivity index (χ3v) is 3.19. The lowest BCUT2D eigenvalue weighted by molar-refractivity contribution is 0.173. The Hall–Kier alpha value is -1.74. The van der Waals surface area contributed by atoms with Gasteiger partial charge in [-0.1, -0.05) is 29.8 Å². The van der Waals surface area contributed by atoms with E-state index in [0.717, 1.165) is 17.2 Å². The molecule has 0 heterocycles. The number of hydrogen-bond donors (Lipinski definition) is 1. The first-order valence-electron chi connectivity index (χ1n) is 6.16. The Kier molecular flexibility index (Phi) is 3.96. The normalized spacial score (nSPS) is 12.5. The minimum Gasteiger partial charge on any atom is -0.388 e. The average Bonchev–Trinajstić information content (AvgIpc) is 2.36. The molecule has 1 N–H and O–H groups in total. The van der Waals surface area contributed by atoms with Crippen LogP contribution in [0.4, 0.5) is 8.78 Å². The fourth-order valence-corrected chi connectivity index (χ4v) is 1.99. The zero-order chi connectivity index (χ0) is 14.0. The topological polar surface area (TPSA) is 20.2 Å². The van der Waals surface area contributed by atoms with Gasteiger partial charge in [-0.05, 0) is 31.0 Å². The fraction of sp³-hybridized carbons (Fsp3) is 0.250. The minimum atomic E-state index is -0.970. The van der Waals surface area contributed by atoms with Crippen LogP contribution in [0.5, 0.6) is 0 Å². The quantitative estimate of drug-likeness (QED) is 0.890. The van der Waals surface area contributed by atoms with Gasteiger partial charge in [0.05, 0.1) is 6.10 Å². The Morgan fingerprint density at radius 1 is 1.00 bits per heavy atom. The smallest absolute Gasteiger partial charge is 0.131 e. The molecule has 0 aromatic heterocycles. The number of aryl methyl sites for hydroxylation is 2. The van der Waals surface area contributed by atoms with E-state index in [1.54, 1.807) is 6.92 Å². The van der Waals surface area contributed by atoms with Crippen LogP contribution >= 0.6 is 0 Å². The van der Waals surface area contributed by atoms with Crippen LogP contribution in [-0.4, -0.2) is 5.11 Å². The molecule has 0 spiro atoms. The second kappa shape index (κ2) is 5.49. The summed E-state index contributed by atoms with van der Waals surface area (Å²) in [6, 6.07) is 9.86. The Labute approximate surface area is 111 Å². The number of aliphatic hydroxyl groups is 1. The summed E-state index contributed by atoms with van der Waals surface area (Å²) in [7, 11) is 0. The predicted molar refractivity (Wildman–Crippen MR) is 70.9 cm³/mol. The van der Waals surface area contributed by atoms with Gasteiger partial charge in [-0.15, -0.1) is 0 Å². The Morgan fingerprint density at radius 3 is 2.26 bits per heavy atom. The van der Waals surface area contributed by atoms with Gasteiger partial charge < -0.3 is 5.11 Å². The molecule has 0 radical (unpaired) electrons. The molecule has 1 unspecified atom stereocenters. The van der Waals surface area contributed by atoms with Gasteiger partial charge in [0.1, 0.15) is 11.6 Å². The van der Waals surface area contributed by atoms with Crippen LogP contribution in [0.3, 0.4) is 0 Å². The van der Waals surface area contributed by atoms with Crippen molar-refractivity contribution in [2.24, 2.45) is 0 Å². The van der Waals surface area contributed by atoms with E-state index in [1.807, 2.05) is 31.2 Å². The number of halogens is 2. The van der Waals surface area contributed by atoms with Crippen molar-refractivity contribution in [1.82, 2.24) is 0 Å². The summed E-state index contributed by atoms with van der Waals surface area (Å²) in [4.78, 5) is 0. The second-order valence-corrected chi connectivity index (χ2v) is 4.83. The average molecular weight is 262 g/mol. The van der Waals surface area contributed by atoms with Gasteiger partial charge in [0, 0.05) is 18.1 Å². The van der Waals surface area contributed by atoms with Crippen molar-refractivity contribution in [2.45, 2.75) is 26.4 Å². The third kappa shape index (κ3) is 3.18. The summed E-state index contributed by atoms with van der Waals surface area (Å²) in [6.07, 6.45) is -0.663. The van der Waals surface area contributed by atoms with E-state index in [4.69, 9.17) is 0 Å². The molecule has 1 atom stereocenters. The summed E-state index contributed by atoms with van der Waals surface area (Å²) in [6.45, 7) is 3.53. The van der Waals surface area contributed by atoms with Gasteiger partial charge in [0.2, 0.25) is 0 Å². The molecule has 0 amide bonds. The number of benzene rings is 2. The number of hydrogen-bond acceptors (Lipinski definition) is 1. The Balaban J connectivity index is 2.22. The lowest BCUT2D eigenvalue weighted by Gasteiger charge is -2.13. The van der Waals surface area contributed by atoms with Crippen LogP contribution in [0.25, 0.3) is 0 Å². The molecule has 19 heavy (non-hydrogen) atoms. The molecule has 2 rings (SSSR count). The maximum absolute atomic E-state index is 13.6. The molecule has 0 saturated heterocycles. The van der Waals surface area contributed by atoms with Crippen LogP contribution in [0, 0.1) is 25.5 Å². The van der Waals surface area contributed by atoms with Gasteiger partial charge in [-0.25, -0.2) is 8.78 Å². The summed E-state index contributed by atoms with van der Waals surface area (Å²) in [5.41, 5.74) is 2.51. The summed E-state index contributed by atoms with van der Waals surface area (Å²) < 4.78 is 26.8. The van der Waals surface area contributed by atoms with E-state index in [2.05, 4.69) is 0 Å². The van der Waals surface area contributed by atoms with Crippen molar-refractivity contribution in [3.63, 3.8) is 0 Å². The highest BCUT2D eigenvalue weighted by Gasteiger charge is 2.15. The minimum absolute atomic E-state index is 0.138. The zero-order valence-electron chi connectivity index (χ0n) is 11.0. The zero-order valence-corrected chi connectivity index (χ0v) is 11.0. The summed E-state index contributed by atoms with van der Waals surface area (Å²) in [5, 5.41) is 10.1. The molecule has 2 aromatic rings. The van der Waals surface area contributed by atoms with E-state index in [1.165, 1.54) is 6.07 Å². The monoisotopic (exact) mass is 262 g/mol. The van der Waals surface area contributed by atoms with Crippen molar-refractivity contribution in [3.05, 3.63) is 70.3 Å². The molecule has 0 fully saturated rings. The van der Waals surface area contributed by atoms with E-state index in [9.17, 15) is 13.9 Å². The van der Waals surface area contributed by atoms with Crippen molar-refractivity contribution >= 4 is 0 Å². The standard InChI is InChI=1S/C16H16F2O/c1-10-3-5-12(6-4-10)8-16(19)13-7-11(2)14(17)9-15(13)18/h3-7,9,16,19H,8H2,1-2H3.